The van der Waals surface area contributed by atoms with Crippen LogP contribution in [0.2, 0.25) is 0 Å². The minimum absolute atomic E-state index is 0. The van der Waals surface area contributed by atoms with Gasteiger partial charge in [-0.05, 0) is 32.1 Å². The molecule has 2 aromatic carbocycles. The Morgan fingerprint density at radius 3 is 2.03 bits per heavy atom. The fourth-order valence-electron chi connectivity index (χ4n) is 2.56. The number of nitrogens with one attached hydrogen (secondary N) is 1. The van der Waals surface area contributed by atoms with Crippen molar-refractivity contribution in [3.63, 3.8) is 0 Å². The Labute approximate surface area is 197 Å². The summed E-state index contributed by atoms with van der Waals surface area (Å²) in [5, 5.41) is 2.60. The van der Waals surface area contributed by atoms with Gasteiger partial charge in [-0.3, -0.25) is 0 Å². The van der Waals surface area contributed by atoms with Gasteiger partial charge in [-0.2, -0.15) is 0 Å². The van der Waals surface area contributed by atoms with Gasteiger partial charge in [0, 0.05) is 0 Å². The van der Waals surface area contributed by atoms with Gasteiger partial charge in [-0.25, -0.2) is 0 Å². The Morgan fingerprint density at radius 2 is 1.47 bits per heavy atom. The zero-order valence-corrected chi connectivity index (χ0v) is 18.6. The van der Waals surface area contributed by atoms with E-state index in [1.54, 1.807) is 6.07 Å². The number of halogens is 1. The molecule has 1 amide bonds. The van der Waals surface area contributed by atoms with Gasteiger partial charge in [0.25, 0.3) is 0 Å². The minimum Gasteiger partial charge on any atom is -0.0312 e. The molecule has 11 radical (unpaired) electrons. The number of carbonyl (C=O) groups excluding carboxylic acids is 1. The number of carbonyl (C=O) groups is 1. The Kier molecular flexibility index (Phi) is 10.8. The quantitative estimate of drug-likeness (QED) is 0.381. The van der Waals surface area contributed by atoms with Gasteiger partial charge >= 0.3 is 166 Å². The summed E-state index contributed by atoms with van der Waals surface area (Å²) in [6, 6.07) is 13.2. The Morgan fingerprint density at radius 1 is 0.867 bits per heavy atom. The number of hydrogen-bond acceptors (Lipinski definition) is 2. The van der Waals surface area contributed by atoms with Crippen LogP contribution in [0.25, 0.3) is 0 Å². The van der Waals surface area contributed by atoms with Gasteiger partial charge < -0.3 is 0 Å². The van der Waals surface area contributed by atoms with E-state index in [0.29, 0.717) is 10.4 Å². The summed E-state index contributed by atoms with van der Waals surface area (Å²) in [6.07, 6.45) is 18.1. The molecule has 2 aliphatic carbocycles. The summed E-state index contributed by atoms with van der Waals surface area (Å²) in [4.78, 5) is 16.3. The van der Waals surface area contributed by atoms with Gasteiger partial charge in [0.05, 0.1) is 0 Å². The number of hydrogen-bond donors (Lipinski definition) is 1. The van der Waals surface area contributed by atoms with E-state index in [1.807, 2.05) is 82.1 Å². The van der Waals surface area contributed by atoms with Crippen molar-refractivity contribution in [3.05, 3.63) is 129 Å². The molecular weight excluding hydrogens is 486 g/mol. The first-order valence-corrected chi connectivity index (χ1v) is 9.79. The molecule has 0 aliphatic heterocycles. The molecule has 0 spiro atoms. The maximum absolute atomic E-state index is 13.1. The van der Waals surface area contributed by atoms with E-state index in [4.69, 9.17) is 0 Å². The van der Waals surface area contributed by atoms with Crippen LogP contribution in [0.4, 0.5) is 10.1 Å². The molecule has 149 valence electrons. The van der Waals surface area contributed by atoms with E-state index in [2.05, 4.69) is 26.3 Å². The van der Waals surface area contributed by atoms with Crippen molar-refractivity contribution in [2.24, 2.45) is 4.99 Å². The smallest absolute Gasteiger partial charge is 0.0312 e. The number of amides is 1. The number of benzene rings is 2. The molecule has 0 bridgehead atoms. The third-order valence-corrected chi connectivity index (χ3v) is 4.36. The second kappa shape index (κ2) is 13.1. The number of nitrogens with zero attached hydrogens (tertiary/aromatic N) is 1. The molecule has 4 rings (SSSR count). The maximum Gasteiger partial charge on any atom is 2.00 e. The zero-order chi connectivity index (χ0) is 20.5. The van der Waals surface area contributed by atoms with Gasteiger partial charge in [0.2, 0.25) is 0 Å². The van der Waals surface area contributed by atoms with Crippen LogP contribution in [0.3, 0.4) is 0 Å². The standard InChI is InChI=1S/C19H13FN2OSe.C5H5.Fe/c20-16-7-3-6-15(12-16)18(23)22-19(24)21-17-10-8-14(9-11-17)13-4-1-2-5-13;1-2-4-5-3-1;/h1-12H,(H,21,22,23);1-5H;/q;;+2. The van der Waals surface area contributed by atoms with Gasteiger partial charge in [-0.15, -0.1) is 0 Å². The number of aliphatic imine (C=N–C) groups is 1. The molecule has 0 heterocycles. The number of amidine groups is 1. The summed E-state index contributed by atoms with van der Waals surface area (Å²) in [7, 11) is 0. The summed E-state index contributed by atoms with van der Waals surface area (Å²) in [5.41, 5.74) is 2.05. The summed E-state index contributed by atoms with van der Waals surface area (Å²) in [6.45, 7) is 0. The van der Waals surface area contributed by atoms with Crippen molar-refractivity contribution in [2.45, 2.75) is 0 Å². The Bertz CT molecular complexity index is 824. The predicted octanol–water partition coefficient (Wildman–Crippen LogP) is 4.18. The molecule has 2 aromatic rings. The van der Waals surface area contributed by atoms with Crippen LogP contribution in [0.15, 0.2) is 53.5 Å². The minimum atomic E-state index is -0.454. The molecule has 3 nitrogen and oxygen atoms in total. The average molecular weight is 504 g/mol. The Balaban J connectivity index is 0.000000468. The molecule has 2 saturated carbocycles. The second-order valence-electron chi connectivity index (χ2n) is 6.06. The maximum atomic E-state index is 13.1. The first kappa shape index (κ1) is 24.8. The van der Waals surface area contributed by atoms with E-state index in [1.165, 1.54) is 18.2 Å². The van der Waals surface area contributed by atoms with Gasteiger partial charge in [0.1, 0.15) is 0 Å². The second-order valence-corrected chi connectivity index (χ2v) is 6.88. The molecule has 0 unspecified atom stereocenters. The molecule has 2 fully saturated rings. The van der Waals surface area contributed by atoms with Crippen molar-refractivity contribution in [3.8, 4) is 0 Å². The first-order valence-electron chi connectivity index (χ1n) is 8.93. The first-order chi connectivity index (χ1) is 14.1. The molecule has 1 N–H and O–H groups in total. The molecule has 0 aromatic heterocycles. The third kappa shape index (κ3) is 8.00. The van der Waals surface area contributed by atoms with E-state index in [-0.39, 0.29) is 22.6 Å². The van der Waals surface area contributed by atoms with Crippen LogP contribution in [0.5, 0.6) is 0 Å². The van der Waals surface area contributed by atoms with Crippen molar-refractivity contribution < 1.29 is 26.3 Å². The van der Waals surface area contributed by atoms with Crippen molar-refractivity contribution in [1.29, 1.82) is 0 Å². The van der Waals surface area contributed by atoms with Crippen LogP contribution in [0, 0.1) is 69.5 Å². The van der Waals surface area contributed by atoms with Crippen molar-refractivity contribution in [1.82, 2.24) is 5.32 Å². The molecular formula is C24H18FFeN2OSe+2. The van der Waals surface area contributed by atoms with Crippen LogP contribution < -0.4 is 5.32 Å². The van der Waals surface area contributed by atoms with E-state index in [0.717, 1.165) is 11.5 Å². The summed E-state index contributed by atoms with van der Waals surface area (Å²) in [5.74, 6) is 0.276. The van der Waals surface area contributed by atoms with Crippen LogP contribution in [-0.4, -0.2) is 26.7 Å². The predicted molar refractivity (Wildman–Crippen MR) is 114 cm³/mol. The van der Waals surface area contributed by atoms with E-state index >= 15 is 0 Å². The largest absolute Gasteiger partial charge is 2.00 e. The fraction of sp³-hybridized carbons (Fsp3) is 0. The topological polar surface area (TPSA) is 41.5 Å². The van der Waals surface area contributed by atoms with Gasteiger partial charge in [0.15, 0.2) is 0 Å². The molecule has 6 heteroatoms. The van der Waals surface area contributed by atoms with E-state index in [9.17, 15) is 9.18 Å². The molecule has 30 heavy (non-hydrogen) atoms. The molecule has 0 saturated heterocycles. The third-order valence-electron chi connectivity index (χ3n) is 3.96. The van der Waals surface area contributed by atoms with Crippen LogP contribution >= 0.6 is 0 Å². The normalized spacial score (nSPS) is 16.4. The summed E-state index contributed by atoms with van der Waals surface area (Å²) >= 11 is 2.71. The SMILES string of the molecule is O=C(NC([Se])=Nc1ccc([C]2[CH][CH][CH][CH]2)cc1)c1cccc(F)c1.[CH]1[CH][CH][CH][CH]1.[Fe+2]. The van der Waals surface area contributed by atoms with E-state index < -0.39 is 11.7 Å². The van der Waals surface area contributed by atoms with Crippen LogP contribution in [-0.2, 0) is 17.1 Å². The monoisotopic (exact) mass is 505 g/mol. The average Bonchev–Trinajstić information content (AvgIpc) is 3.45. The number of rotatable bonds is 3. The van der Waals surface area contributed by atoms with Crippen molar-refractivity contribution in [2.75, 3.05) is 0 Å². The van der Waals surface area contributed by atoms with Crippen molar-refractivity contribution >= 4 is 32.3 Å². The molecule has 0 atom stereocenters. The summed E-state index contributed by atoms with van der Waals surface area (Å²) < 4.78 is 13.5. The zero-order valence-electron chi connectivity index (χ0n) is 15.8. The fourth-order valence-corrected chi connectivity index (χ4v) is 2.98. The van der Waals surface area contributed by atoms with Gasteiger partial charge in [-0.1, -0.05) is 0 Å². The van der Waals surface area contributed by atoms with Crippen LogP contribution in [0.1, 0.15) is 15.9 Å². The Hall–Kier alpha value is -1.45. The molecule has 2 aliphatic rings.